The molecule has 2 aliphatic rings. The summed E-state index contributed by atoms with van der Waals surface area (Å²) in [7, 11) is 0. The van der Waals surface area contributed by atoms with Gasteiger partial charge in [-0.05, 0) is 42.9 Å². The van der Waals surface area contributed by atoms with Crippen LogP contribution in [0.3, 0.4) is 0 Å². The van der Waals surface area contributed by atoms with Crippen molar-refractivity contribution in [3.63, 3.8) is 0 Å². The van der Waals surface area contributed by atoms with Crippen molar-refractivity contribution < 1.29 is 14.4 Å². The summed E-state index contributed by atoms with van der Waals surface area (Å²) in [6, 6.07) is 18.5. The number of carbonyl (C=O) groups is 1. The van der Waals surface area contributed by atoms with E-state index in [1.165, 1.54) is 23.3 Å². The van der Waals surface area contributed by atoms with Crippen LogP contribution in [0.15, 0.2) is 54.6 Å². The molecule has 2 aromatic rings. The summed E-state index contributed by atoms with van der Waals surface area (Å²) in [6.45, 7) is 2.15. The van der Waals surface area contributed by atoms with Crippen molar-refractivity contribution in [3.8, 4) is 0 Å². The van der Waals surface area contributed by atoms with Crippen LogP contribution in [0, 0.1) is 5.92 Å². The summed E-state index contributed by atoms with van der Waals surface area (Å²) in [6.07, 6.45) is 3.45. The zero-order chi connectivity index (χ0) is 15.6. The van der Waals surface area contributed by atoms with Crippen LogP contribution in [0.1, 0.15) is 40.6 Å². The molecule has 0 radical (unpaired) electrons. The van der Waals surface area contributed by atoms with E-state index < -0.39 is 0 Å². The highest BCUT2D eigenvalue weighted by Crippen LogP contribution is 2.27. The lowest BCUT2D eigenvalue weighted by Crippen LogP contribution is -3.13. The van der Waals surface area contributed by atoms with Crippen molar-refractivity contribution in [2.24, 2.45) is 5.92 Å². The first-order valence-corrected chi connectivity index (χ1v) is 8.49. The van der Waals surface area contributed by atoms with Crippen molar-refractivity contribution in [2.75, 3.05) is 13.1 Å². The quantitative estimate of drug-likeness (QED) is 0.883. The minimum atomic E-state index is -0.162. The number of fused-ring (bicyclic) bond motifs is 1. The summed E-state index contributed by atoms with van der Waals surface area (Å²) < 4.78 is 5.65. The van der Waals surface area contributed by atoms with Gasteiger partial charge in [-0.1, -0.05) is 42.5 Å². The number of hydrogen-bond acceptors (Lipinski definition) is 2. The van der Waals surface area contributed by atoms with Crippen LogP contribution >= 0.6 is 0 Å². The fraction of sp³-hybridized carbons (Fsp3) is 0.350. The highest BCUT2D eigenvalue weighted by molar-refractivity contribution is 5.93. The Bertz CT molecular complexity index is 690. The number of quaternary nitrogens is 1. The van der Waals surface area contributed by atoms with Crippen molar-refractivity contribution in [2.45, 2.75) is 25.5 Å². The predicted molar refractivity (Wildman–Crippen MR) is 88.2 cm³/mol. The molecule has 2 aromatic carbocycles. The Balaban J connectivity index is 1.40. The number of ether oxygens (including phenoxy) is 1. The van der Waals surface area contributed by atoms with Crippen LogP contribution in [0.2, 0.25) is 0 Å². The van der Waals surface area contributed by atoms with Crippen LogP contribution in [-0.2, 0) is 11.2 Å². The van der Waals surface area contributed by atoms with Crippen molar-refractivity contribution in [3.05, 3.63) is 71.3 Å². The van der Waals surface area contributed by atoms with Gasteiger partial charge in [-0.15, -0.1) is 0 Å². The summed E-state index contributed by atoms with van der Waals surface area (Å²) in [5, 5.41) is 0. The molecule has 1 N–H and O–H groups in total. The van der Waals surface area contributed by atoms with Gasteiger partial charge in [-0.25, -0.2) is 4.79 Å². The van der Waals surface area contributed by atoms with Gasteiger partial charge in [0.1, 0.15) is 0 Å². The highest BCUT2D eigenvalue weighted by Gasteiger charge is 2.39. The van der Waals surface area contributed by atoms with Crippen molar-refractivity contribution in [1.82, 2.24) is 0 Å². The van der Waals surface area contributed by atoms with E-state index in [-0.39, 0.29) is 12.2 Å². The second kappa shape index (κ2) is 6.17. The standard InChI is InChI=1S/C20H21NO2/c22-20-18-9-5-4-8-17(18)19(23-20)21-12-10-16(11-13-21)14-15-6-2-1-3-7-15/h1-9,16,19H,10-14H2/p+1. The van der Waals surface area contributed by atoms with Crippen LogP contribution in [-0.4, -0.2) is 19.1 Å². The monoisotopic (exact) mass is 308 g/mol. The molecule has 0 saturated carbocycles. The zero-order valence-corrected chi connectivity index (χ0v) is 13.2. The molecule has 0 amide bonds. The molecule has 1 atom stereocenters. The predicted octanol–water partition coefficient (Wildman–Crippen LogP) is 2.39. The van der Waals surface area contributed by atoms with Crippen LogP contribution in [0.25, 0.3) is 0 Å². The number of likely N-dealkylation sites (tertiary alicyclic amines) is 1. The lowest BCUT2D eigenvalue weighted by Gasteiger charge is -2.32. The van der Waals surface area contributed by atoms with Crippen LogP contribution in [0.4, 0.5) is 0 Å². The second-order valence-corrected chi connectivity index (χ2v) is 6.66. The Morgan fingerprint density at radius 1 is 0.957 bits per heavy atom. The Morgan fingerprint density at radius 2 is 1.65 bits per heavy atom. The molecule has 3 heteroatoms. The molecule has 0 bridgehead atoms. The highest BCUT2D eigenvalue weighted by atomic mass is 16.6. The lowest BCUT2D eigenvalue weighted by molar-refractivity contribution is -0.957. The minimum Gasteiger partial charge on any atom is -0.404 e. The molecular formula is C20H22NO2+. The average Bonchev–Trinajstić information content (AvgIpc) is 2.94. The van der Waals surface area contributed by atoms with Gasteiger partial charge in [0.2, 0.25) is 0 Å². The van der Waals surface area contributed by atoms with E-state index in [0.29, 0.717) is 0 Å². The smallest absolute Gasteiger partial charge is 0.343 e. The maximum Gasteiger partial charge on any atom is 0.343 e. The third kappa shape index (κ3) is 2.89. The zero-order valence-electron chi connectivity index (χ0n) is 13.2. The molecule has 118 valence electrons. The Morgan fingerprint density at radius 3 is 2.43 bits per heavy atom. The van der Waals surface area contributed by atoms with Crippen molar-refractivity contribution in [1.29, 1.82) is 0 Å². The Hall–Kier alpha value is -2.13. The molecule has 3 nitrogen and oxygen atoms in total. The topological polar surface area (TPSA) is 30.7 Å². The molecule has 0 aliphatic carbocycles. The molecule has 4 rings (SSSR count). The van der Waals surface area contributed by atoms with E-state index >= 15 is 0 Å². The third-order valence-corrected chi connectivity index (χ3v) is 5.17. The van der Waals surface area contributed by atoms with Crippen LogP contribution in [0.5, 0.6) is 0 Å². The van der Waals surface area contributed by atoms with E-state index in [1.54, 1.807) is 0 Å². The Labute approximate surface area is 136 Å². The van der Waals surface area contributed by atoms with Crippen molar-refractivity contribution >= 4 is 5.97 Å². The first kappa shape index (κ1) is 14.5. The summed E-state index contributed by atoms with van der Waals surface area (Å²) >= 11 is 0. The lowest BCUT2D eigenvalue weighted by atomic mass is 9.90. The van der Waals surface area contributed by atoms with E-state index in [1.807, 2.05) is 24.3 Å². The Kier molecular flexibility index (Phi) is 3.88. The number of hydrogen-bond donors (Lipinski definition) is 1. The number of rotatable bonds is 3. The van der Waals surface area contributed by atoms with E-state index in [0.717, 1.165) is 36.6 Å². The molecular weight excluding hydrogens is 286 g/mol. The number of cyclic esters (lactones) is 1. The maximum absolute atomic E-state index is 12.0. The molecule has 23 heavy (non-hydrogen) atoms. The minimum absolute atomic E-state index is 0.101. The van der Waals surface area contributed by atoms with Crippen LogP contribution < -0.4 is 4.90 Å². The van der Waals surface area contributed by atoms with Gasteiger partial charge in [0.25, 0.3) is 6.23 Å². The SMILES string of the molecule is O=C1OC([NH+]2CCC(Cc3ccccc3)CC2)c2ccccc21. The van der Waals surface area contributed by atoms with Gasteiger partial charge < -0.3 is 4.74 Å². The normalized spacial score (nSPS) is 26.6. The van der Waals surface area contributed by atoms with Gasteiger partial charge in [0.15, 0.2) is 0 Å². The van der Waals surface area contributed by atoms with Gasteiger partial charge in [-0.2, -0.15) is 0 Å². The number of piperidine rings is 1. The second-order valence-electron chi connectivity index (χ2n) is 6.66. The molecule has 1 fully saturated rings. The summed E-state index contributed by atoms with van der Waals surface area (Å²) in [4.78, 5) is 13.4. The first-order chi connectivity index (χ1) is 11.3. The van der Waals surface area contributed by atoms with Gasteiger partial charge in [0.05, 0.1) is 24.2 Å². The van der Waals surface area contributed by atoms with E-state index in [2.05, 4.69) is 30.3 Å². The number of benzene rings is 2. The van der Waals surface area contributed by atoms with E-state index in [4.69, 9.17) is 4.74 Å². The molecule has 1 unspecified atom stereocenters. The largest absolute Gasteiger partial charge is 0.404 e. The average molecular weight is 308 g/mol. The van der Waals surface area contributed by atoms with Gasteiger partial charge in [0, 0.05) is 0 Å². The van der Waals surface area contributed by atoms with E-state index in [9.17, 15) is 4.79 Å². The maximum atomic E-state index is 12.0. The molecule has 2 aliphatic heterocycles. The molecule has 2 heterocycles. The number of carbonyl (C=O) groups excluding carboxylic acids is 1. The molecule has 0 aromatic heterocycles. The first-order valence-electron chi connectivity index (χ1n) is 8.49. The number of nitrogens with one attached hydrogen (secondary N) is 1. The fourth-order valence-electron chi connectivity index (χ4n) is 3.91. The third-order valence-electron chi connectivity index (χ3n) is 5.17. The number of esters is 1. The van der Waals surface area contributed by atoms with Gasteiger partial charge in [-0.3, -0.25) is 4.90 Å². The molecule has 0 spiro atoms. The van der Waals surface area contributed by atoms with Gasteiger partial charge >= 0.3 is 5.97 Å². The fourth-order valence-corrected chi connectivity index (χ4v) is 3.91. The molecule has 1 saturated heterocycles. The summed E-state index contributed by atoms with van der Waals surface area (Å²) in [5.41, 5.74) is 3.24. The summed E-state index contributed by atoms with van der Waals surface area (Å²) in [5.74, 6) is 0.581.